The highest BCUT2D eigenvalue weighted by molar-refractivity contribution is 4.75. The Bertz CT molecular complexity index is 79.0. The number of rotatable bonds is 4. The number of hydrogen-bond acceptors (Lipinski definition) is 2. The van der Waals surface area contributed by atoms with Gasteiger partial charge in [-0.1, -0.05) is 6.08 Å². The van der Waals surface area contributed by atoms with Gasteiger partial charge in [0.05, 0.1) is 0 Å². The lowest BCUT2D eigenvalue weighted by atomic mass is 10.4. The average Bonchev–Trinajstić information content (AvgIpc) is 1.85. The van der Waals surface area contributed by atoms with E-state index in [1.807, 2.05) is 13.0 Å². The summed E-state index contributed by atoms with van der Waals surface area (Å²) in [6, 6.07) is 0. The quantitative estimate of drug-likeness (QED) is 0.607. The largest absolute Gasteiger partial charge is 0.381 e. The third-order valence-corrected chi connectivity index (χ3v) is 1.12. The van der Waals surface area contributed by atoms with Crippen molar-refractivity contribution >= 4 is 0 Å². The number of hydrogen-bond donors (Lipinski definition) is 1. The maximum atomic E-state index is 5.32. The Balaban J connectivity index is 3.15. The summed E-state index contributed by atoms with van der Waals surface area (Å²) in [5.41, 5.74) is 5.32. The molecule has 0 amide bonds. The topological polar surface area (TPSA) is 29.3 Å². The fourth-order valence-electron chi connectivity index (χ4n) is 0.670. The van der Waals surface area contributed by atoms with Crippen molar-refractivity contribution in [3.63, 3.8) is 0 Å². The highest BCUT2D eigenvalue weighted by atomic mass is 15.1. The molecule has 0 aliphatic rings. The second-order valence-corrected chi connectivity index (χ2v) is 2.11. The van der Waals surface area contributed by atoms with E-state index >= 15 is 0 Å². The molecule has 0 atom stereocenters. The molecular weight excluding hydrogens is 112 g/mol. The van der Waals surface area contributed by atoms with Gasteiger partial charge >= 0.3 is 0 Å². The maximum absolute atomic E-state index is 5.32. The predicted molar refractivity (Wildman–Crippen MR) is 41.1 cm³/mol. The Kier molecular flexibility index (Phi) is 5.32. The lowest BCUT2D eigenvalue weighted by Crippen LogP contribution is -2.15. The first-order valence-electron chi connectivity index (χ1n) is 3.34. The lowest BCUT2D eigenvalue weighted by molar-refractivity contribution is 0.447. The van der Waals surface area contributed by atoms with E-state index in [1.165, 1.54) is 0 Å². The fourth-order valence-corrected chi connectivity index (χ4v) is 0.670. The number of nitrogens with zero attached hydrogens (tertiary/aromatic N) is 1. The molecule has 0 saturated carbocycles. The average molecular weight is 128 g/mol. The summed E-state index contributed by atoms with van der Waals surface area (Å²) in [6.07, 6.45) is 5.15. The van der Waals surface area contributed by atoms with Crippen molar-refractivity contribution in [2.24, 2.45) is 5.73 Å². The van der Waals surface area contributed by atoms with Gasteiger partial charge in [-0.05, 0) is 26.1 Å². The summed E-state index contributed by atoms with van der Waals surface area (Å²) in [6.45, 7) is 3.85. The molecule has 2 nitrogen and oxygen atoms in total. The SMILES string of the molecule is C/C=C\N(C)CCCN. The van der Waals surface area contributed by atoms with E-state index in [-0.39, 0.29) is 0 Å². The standard InChI is InChI=1S/C7H16N2/c1-3-6-9(2)7-4-5-8/h3,6H,4-5,7-8H2,1-2H3/b6-3-. The molecule has 0 heterocycles. The molecule has 0 rings (SSSR count). The van der Waals surface area contributed by atoms with Crippen LogP contribution in [0, 0.1) is 0 Å². The van der Waals surface area contributed by atoms with E-state index in [2.05, 4.69) is 18.1 Å². The van der Waals surface area contributed by atoms with Crippen LogP contribution in [-0.2, 0) is 0 Å². The lowest BCUT2D eigenvalue weighted by Gasteiger charge is -2.11. The molecule has 0 saturated heterocycles. The van der Waals surface area contributed by atoms with Crippen LogP contribution in [-0.4, -0.2) is 25.0 Å². The molecule has 0 spiro atoms. The van der Waals surface area contributed by atoms with Gasteiger partial charge in [0.1, 0.15) is 0 Å². The van der Waals surface area contributed by atoms with Crippen molar-refractivity contribution in [1.29, 1.82) is 0 Å². The van der Waals surface area contributed by atoms with Crippen LogP contribution in [0.25, 0.3) is 0 Å². The number of nitrogens with two attached hydrogens (primary N) is 1. The van der Waals surface area contributed by atoms with Crippen LogP contribution in [0.2, 0.25) is 0 Å². The zero-order chi connectivity index (χ0) is 7.11. The van der Waals surface area contributed by atoms with Gasteiger partial charge in [0, 0.05) is 13.6 Å². The second-order valence-electron chi connectivity index (χ2n) is 2.11. The zero-order valence-corrected chi connectivity index (χ0v) is 6.30. The number of allylic oxidation sites excluding steroid dienone is 1. The van der Waals surface area contributed by atoms with Gasteiger partial charge in [-0.2, -0.15) is 0 Å². The van der Waals surface area contributed by atoms with Gasteiger partial charge in [0.15, 0.2) is 0 Å². The van der Waals surface area contributed by atoms with Crippen molar-refractivity contribution in [2.45, 2.75) is 13.3 Å². The smallest absolute Gasteiger partial charge is 0.0181 e. The molecule has 54 valence electrons. The monoisotopic (exact) mass is 128 g/mol. The van der Waals surface area contributed by atoms with E-state index < -0.39 is 0 Å². The minimum atomic E-state index is 0.780. The Hall–Kier alpha value is -0.500. The molecule has 0 aromatic carbocycles. The maximum Gasteiger partial charge on any atom is 0.0181 e. The van der Waals surface area contributed by atoms with Crippen LogP contribution in [0.15, 0.2) is 12.3 Å². The molecule has 0 bridgehead atoms. The third kappa shape index (κ3) is 5.37. The van der Waals surface area contributed by atoms with E-state index in [1.54, 1.807) is 0 Å². The molecule has 9 heavy (non-hydrogen) atoms. The molecule has 0 aromatic rings. The zero-order valence-electron chi connectivity index (χ0n) is 6.30. The van der Waals surface area contributed by atoms with Gasteiger partial charge in [0.25, 0.3) is 0 Å². The van der Waals surface area contributed by atoms with Crippen molar-refractivity contribution in [3.05, 3.63) is 12.3 Å². The molecular formula is C7H16N2. The van der Waals surface area contributed by atoms with Gasteiger partial charge in [-0.15, -0.1) is 0 Å². The molecule has 2 heteroatoms. The molecule has 0 unspecified atom stereocenters. The van der Waals surface area contributed by atoms with Gasteiger partial charge < -0.3 is 10.6 Å². The molecule has 0 fully saturated rings. The van der Waals surface area contributed by atoms with Crippen LogP contribution in [0.5, 0.6) is 0 Å². The molecule has 2 N–H and O–H groups in total. The van der Waals surface area contributed by atoms with Crippen LogP contribution >= 0.6 is 0 Å². The Morgan fingerprint density at radius 3 is 2.67 bits per heavy atom. The summed E-state index contributed by atoms with van der Waals surface area (Å²) < 4.78 is 0. The minimum Gasteiger partial charge on any atom is -0.381 e. The van der Waals surface area contributed by atoms with Crippen LogP contribution in [0.1, 0.15) is 13.3 Å². The van der Waals surface area contributed by atoms with E-state index in [0.717, 1.165) is 19.5 Å². The third-order valence-electron chi connectivity index (χ3n) is 1.12. The first-order chi connectivity index (χ1) is 4.31. The van der Waals surface area contributed by atoms with Gasteiger partial charge in [-0.3, -0.25) is 0 Å². The van der Waals surface area contributed by atoms with Crippen molar-refractivity contribution < 1.29 is 0 Å². The minimum absolute atomic E-state index is 0.780. The van der Waals surface area contributed by atoms with Crippen LogP contribution in [0.4, 0.5) is 0 Å². The Labute approximate surface area is 57.3 Å². The normalized spacial score (nSPS) is 10.6. The molecule has 0 aliphatic heterocycles. The van der Waals surface area contributed by atoms with Crippen molar-refractivity contribution in [3.8, 4) is 0 Å². The first-order valence-corrected chi connectivity index (χ1v) is 3.34. The van der Waals surface area contributed by atoms with E-state index in [4.69, 9.17) is 5.73 Å². The summed E-state index contributed by atoms with van der Waals surface area (Å²) in [7, 11) is 2.05. The van der Waals surface area contributed by atoms with E-state index in [9.17, 15) is 0 Å². The Morgan fingerprint density at radius 1 is 1.56 bits per heavy atom. The summed E-state index contributed by atoms with van der Waals surface area (Å²) in [5, 5.41) is 0. The summed E-state index contributed by atoms with van der Waals surface area (Å²) >= 11 is 0. The second kappa shape index (κ2) is 5.63. The van der Waals surface area contributed by atoms with Crippen molar-refractivity contribution in [1.82, 2.24) is 4.90 Å². The summed E-state index contributed by atoms with van der Waals surface area (Å²) in [5.74, 6) is 0. The van der Waals surface area contributed by atoms with Gasteiger partial charge in [-0.25, -0.2) is 0 Å². The molecule has 0 aliphatic carbocycles. The highest BCUT2D eigenvalue weighted by Crippen LogP contribution is 1.85. The Morgan fingerprint density at radius 2 is 2.22 bits per heavy atom. The molecule has 0 aromatic heterocycles. The highest BCUT2D eigenvalue weighted by Gasteiger charge is 1.86. The summed E-state index contributed by atoms with van der Waals surface area (Å²) in [4.78, 5) is 2.13. The van der Waals surface area contributed by atoms with Crippen molar-refractivity contribution in [2.75, 3.05) is 20.1 Å². The fraction of sp³-hybridized carbons (Fsp3) is 0.714. The predicted octanol–water partition coefficient (Wildman–Crippen LogP) is 0.801. The van der Waals surface area contributed by atoms with Gasteiger partial charge in [0.2, 0.25) is 0 Å². The molecule has 0 radical (unpaired) electrons. The first kappa shape index (κ1) is 8.50. The van der Waals surface area contributed by atoms with Crippen LogP contribution < -0.4 is 5.73 Å². The van der Waals surface area contributed by atoms with Crippen LogP contribution in [0.3, 0.4) is 0 Å². The van der Waals surface area contributed by atoms with E-state index in [0.29, 0.717) is 0 Å².